The molecule has 1 amide bonds. The van der Waals surface area contributed by atoms with E-state index in [0.29, 0.717) is 49.1 Å². The van der Waals surface area contributed by atoms with E-state index < -0.39 is 22.8 Å². The van der Waals surface area contributed by atoms with Gasteiger partial charge in [-0.1, -0.05) is 18.2 Å². The van der Waals surface area contributed by atoms with Crippen LogP contribution in [0.2, 0.25) is 0 Å². The Bertz CT molecular complexity index is 1270. The second-order valence-electron chi connectivity index (χ2n) is 10.2. The molecule has 9 heteroatoms. The number of ether oxygens (including phenoxy) is 2. The van der Waals surface area contributed by atoms with Crippen LogP contribution in [0.1, 0.15) is 51.6 Å². The van der Waals surface area contributed by atoms with Gasteiger partial charge in [0.2, 0.25) is 0 Å². The first-order chi connectivity index (χ1) is 16.6. The zero-order valence-corrected chi connectivity index (χ0v) is 20.0. The Morgan fingerprint density at radius 2 is 1.86 bits per heavy atom. The van der Waals surface area contributed by atoms with E-state index in [2.05, 4.69) is 15.3 Å². The number of hydrogen-bond acceptors (Lipinski definition) is 6. The minimum Gasteiger partial charge on any atom is -0.487 e. The second kappa shape index (κ2) is 8.62. The van der Waals surface area contributed by atoms with E-state index in [1.54, 1.807) is 4.90 Å². The molecule has 2 aliphatic heterocycles. The number of rotatable bonds is 2. The van der Waals surface area contributed by atoms with Crippen LogP contribution in [0.4, 0.5) is 19.4 Å². The number of benzene rings is 2. The number of anilines is 1. The quantitative estimate of drug-likeness (QED) is 0.511. The van der Waals surface area contributed by atoms with E-state index in [0.717, 1.165) is 23.4 Å². The highest BCUT2D eigenvalue weighted by Crippen LogP contribution is 2.45. The van der Waals surface area contributed by atoms with Gasteiger partial charge in [0.15, 0.2) is 11.6 Å². The summed E-state index contributed by atoms with van der Waals surface area (Å²) in [6, 6.07) is 9.78. The van der Waals surface area contributed by atoms with Crippen LogP contribution in [0.3, 0.4) is 0 Å². The maximum absolute atomic E-state index is 14.0. The number of nitrogens with one attached hydrogen (secondary N) is 1. The van der Waals surface area contributed by atoms with Crippen molar-refractivity contribution >= 4 is 22.8 Å². The van der Waals surface area contributed by atoms with Gasteiger partial charge in [-0.25, -0.2) is 23.5 Å². The molecule has 3 aromatic rings. The summed E-state index contributed by atoms with van der Waals surface area (Å²) < 4.78 is 39.8. The van der Waals surface area contributed by atoms with Gasteiger partial charge in [0.1, 0.15) is 29.1 Å². The van der Waals surface area contributed by atoms with E-state index in [1.807, 2.05) is 45.0 Å². The number of aromatic nitrogens is 2. The Kier molecular flexibility index (Phi) is 5.73. The number of piperidine rings is 1. The van der Waals surface area contributed by atoms with Crippen molar-refractivity contribution in [2.45, 2.75) is 57.3 Å². The van der Waals surface area contributed by atoms with Crippen molar-refractivity contribution < 1.29 is 23.0 Å². The minimum atomic E-state index is -0.950. The zero-order chi connectivity index (χ0) is 24.8. The fourth-order valence-corrected chi connectivity index (χ4v) is 4.81. The largest absolute Gasteiger partial charge is 0.487 e. The molecule has 0 aliphatic carbocycles. The predicted octanol–water partition coefficient (Wildman–Crippen LogP) is 5.61. The molecule has 184 valence electrons. The lowest BCUT2D eigenvalue weighted by atomic mass is 9.80. The first kappa shape index (κ1) is 23.3. The lowest BCUT2D eigenvalue weighted by Gasteiger charge is -2.47. The minimum absolute atomic E-state index is 0.181. The lowest BCUT2D eigenvalue weighted by molar-refractivity contribution is -0.0308. The van der Waals surface area contributed by atoms with Crippen molar-refractivity contribution in [2.75, 3.05) is 18.4 Å². The molecule has 0 saturated carbocycles. The molecule has 7 nitrogen and oxygen atoms in total. The number of fused-ring (bicyclic) bond motifs is 2. The number of para-hydroxylation sites is 1. The average Bonchev–Trinajstić information content (AvgIpc) is 2.79. The molecule has 1 atom stereocenters. The summed E-state index contributed by atoms with van der Waals surface area (Å²) in [5, 5.41) is 3.84. The van der Waals surface area contributed by atoms with Gasteiger partial charge in [-0.15, -0.1) is 0 Å². The van der Waals surface area contributed by atoms with Crippen LogP contribution in [0.25, 0.3) is 10.9 Å². The number of nitrogens with zero attached hydrogens (tertiary/aromatic N) is 3. The van der Waals surface area contributed by atoms with Gasteiger partial charge in [-0.3, -0.25) is 0 Å². The number of amides is 1. The van der Waals surface area contributed by atoms with Gasteiger partial charge >= 0.3 is 6.09 Å². The molecule has 1 aromatic heterocycles. The second-order valence-corrected chi connectivity index (χ2v) is 10.2. The van der Waals surface area contributed by atoms with Gasteiger partial charge in [0.05, 0.1) is 11.6 Å². The van der Waals surface area contributed by atoms with Gasteiger partial charge in [0.25, 0.3) is 0 Å². The molecular weight excluding hydrogens is 454 g/mol. The molecule has 0 radical (unpaired) electrons. The highest BCUT2D eigenvalue weighted by molar-refractivity contribution is 5.89. The number of likely N-dealkylation sites (tertiary alicyclic amines) is 1. The molecule has 1 N–H and O–H groups in total. The first-order valence-corrected chi connectivity index (χ1v) is 11.7. The Hall–Kier alpha value is -3.49. The van der Waals surface area contributed by atoms with Crippen molar-refractivity contribution in [3.63, 3.8) is 0 Å². The molecule has 2 aliphatic rings. The van der Waals surface area contributed by atoms with E-state index >= 15 is 0 Å². The highest BCUT2D eigenvalue weighted by atomic mass is 19.2. The molecule has 5 rings (SSSR count). The third-order valence-corrected chi connectivity index (χ3v) is 6.51. The monoisotopic (exact) mass is 482 g/mol. The smallest absolute Gasteiger partial charge is 0.410 e. The highest BCUT2D eigenvalue weighted by Gasteiger charge is 2.44. The molecular formula is C26H28F2N4O3. The fourth-order valence-electron chi connectivity index (χ4n) is 4.81. The fraction of sp³-hybridized carbons (Fsp3) is 0.423. The normalized spacial score (nSPS) is 19.2. The predicted molar refractivity (Wildman–Crippen MR) is 127 cm³/mol. The van der Waals surface area contributed by atoms with E-state index in [-0.39, 0.29) is 12.1 Å². The van der Waals surface area contributed by atoms with Crippen molar-refractivity contribution in [1.29, 1.82) is 0 Å². The Balaban J connectivity index is 1.41. The molecule has 2 aromatic carbocycles. The van der Waals surface area contributed by atoms with Crippen LogP contribution in [-0.2, 0) is 4.74 Å². The van der Waals surface area contributed by atoms with Gasteiger partial charge in [-0.2, -0.15) is 0 Å². The van der Waals surface area contributed by atoms with Crippen LogP contribution in [0.15, 0.2) is 42.7 Å². The van der Waals surface area contributed by atoms with Crippen LogP contribution >= 0.6 is 0 Å². The maximum atomic E-state index is 14.0. The molecule has 35 heavy (non-hydrogen) atoms. The number of carbonyl (C=O) groups is 1. The average molecular weight is 483 g/mol. The zero-order valence-electron chi connectivity index (χ0n) is 20.0. The Morgan fingerprint density at radius 3 is 2.60 bits per heavy atom. The molecule has 3 heterocycles. The summed E-state index contributed by atoms with van der Waals surface area (Å²) in [7, 11) is 0. The topological polar surface area (TPSA) is 76.6 Å². The third-order valence-electron chi connectivity index (χ3n) is 6.51. The van der Waals surface area contributed by atoms with Gasteiger partial charge in [0, 0.05) is 49.4 Å². The van der Waals surface area contributed by atoms with Crippen molar-refractivity contribution in [2.24, 2.45) is 0 Å². The van der Waals surface area contributed by atoms with Gasteiger partial charge < -0.3 is 19.7 Å². The summed E-state index contributed by atoms with van der Waals surface area (Å²) >= 11 is 0. The number of hydrogen-bond donors (Lipinski definition) is 1. The van der Waals surface area contributed by atoms with Crippen molar-refractivity contribution in [3.05, 3.63) is 59.9 Å². The summed E-state index contributed by atoms with van der Waals surface area (Å²) in [5.74, 6) is -0.711. The lowest BCUT2D eigenvalue weighted by Crippen LogP contribution is -2.53. The van der Waals surface area contributed by atoms with E-state index in [9.17, 15) is 13.6 Å². The van der Waals surface area contributed by atoms with Crippen molar-refractivity contribution in [1.82, 2.24) is 14.9 Å². The summed E-state index contributed by atoms with van der Waals surface area (Å²) in [6.45, 7) is 6.59. The number of carbonyl (C=O) groups excluding carboxylic acids is 1. The first-order valence-electron chi connectivity index (χ1n) is 11.7. The number of halogens is 2. The van der Waals surface area contributed by atoms with Crippen LogP contribution in [-0.4, -0.2) is 45.3 Å². The molecule has 1 spiro atoms. The summed E-state index contributed by atoms with van der Waals surface area (Å²) in [4.78, 5) is 22.7. The summed E-state index contributed by atoms with van der Waals surface area (Å²) in [5.41, 5.74) is 0.249. The maximum Gasteiger partial charge on any atom is 0.410 e. The van der Waals surface area contributed by atoms with E-state index in [4.69, 9.17) is 9.47 Å². The Morgan fingerprint density at radius 1 is 1.14 bits per heavy atom. The molecule has 0 bridgehead atoms. The standard InChI is InChI=1S/C26H28F2N4O3/c1-25(2,3)35-24(33)32-10-8-26(9-11-32)14-21(16-6-4-5-7-22(16)34-26)31-23-17-12-18(27)19(28)13-20(17)29-15-30-23/h4-7,12-13,15,21H,8-11,14H2,1-3H3,(H,29,30,31). The van der Waals surface area contributed by atoms with Crippen molar-refractivity contribution in [3.8, 4) is 5.75 Å². The summed E-state index contributed by atoms with van der Waals surface area (Å²) in [6.07, 6.45) is 2.93. The molecule has 1 fully saturated rings. The molecule has 1 unspecified atom stereocenters. The van der Waals surface area contributed by atoms with Crippen LogP contribution < -0.4 is 10.1 Å². The van der Waals surface area contributed by atoms with Gasteiger partial charge in [-0.05, 0) is 32.9 Å². The SMILES string of the molecule is CC(C)(C)OC(=O)N1CCC2(CC1)CC(Nc1ncnc3cc(F)c(F)cc13)c1ccccc1O2. The third kappa shape index (κ3) is 4.72. The Labute approximate surface area is 202 Å². The van der Waals surface area contributed by atoms with Crippen LogP contribution in [0.5, 0.6) is 5.75 Å². The van der Waals surface area contributed by atoms with Crippen LogP contribution in [0, 0.1) is 11.6 Å². The van der Waals surface area contributed by atoms with E-state index in [1.165, 1.54) is 6.33 Å². The molecule has 1 saturated heterocycles.